The molecular weight excluding hydrogens is 254 g/mol. The molecule has 0 unspecified atom stereocenters. The number of hydrogen-bond acceptors (Lipinski definition) is 2. The monoisotopic (exact) mass is 266 g/mol. The molecule has 0 spiro atoms. The van der Waals surface area contributed by atoms with E-state index < -0.39 is 11.6 Å². The van der Waals surface area contributed by atoms with Gasteiger partial charge in [0.05, 0.1) is 0 Å². The zero-order valence-electron chi connectivity index (χ0n) is 9.87. The van der Waals surface area contributed by atoms with E-state index in [9.17, 15) is 13.6 Å². The van der Waals surface area contributed by atoms with Crippen molar-refractivity contribution < 1.29 is 13.6 Å². The maximum Gasteiger partial charge on any atom is 0.168 e. The third-order valence-electron chi connectivity index (χ3n) is 2.64. The molecule has 4 heteroatoms. The van der Waals surface area contributed by atoms with Crippen LogP contribution < -0.4 is 0 Å². The summed E-state index contributed by atoms with van der Waals surface area (Å²) in [6.07, 6.45) is 1.17. The Balaban J connectivity index is 2.14. The average Bonchev–Trinajstić information content (AvgIpc) is 2.80. The van der Waals surface area contributed by atoms with E-state index in [0.717, 1.165) is 23.4 Å². The molecule has 18 heavy (non-hydrogen) atoms. The first-order chi connectivity index (χ1) is 8.60. The van der Waals surface area contributed by atoms with Crippen molar-refractivity contribution in [1.29, 1.82) is 0 Å². The van der Waals surface area contributed by atoms with Crippen molar-refractivity contribution in [2.75, 3.05) is 0 Å². The molecule has 2 rings (SSSR count). The van der Waals surface area contributed by atoms with E-state index in [-0.39, 0.29) is 17.8 Å². The van der Waals surface area contributed by atoms with Crippen molar-refractivity contribution in [2.45, 2.75) is 19.8 Å². The lowest BCUT2D eigenvalue weighted by atomic mass is 10.1. The van der Waals surface area contributed by atoms with Gasteiger partial charge in [-0.05, 0) is 36.8 Å². The SMILES string of the molecule is CCc1ccc(CC(=O)c2ccc(F)c(F)c2)s1. The largest absolute Gasteiger partial charge is 0.294 e. The van der Waals surface area contributed by atoms with Crippen molar-refractivity contribution >= 4 is 17.1 Å². The smallest absolute Gasteiger partial charge is 0.168 e. The van der Waals surface area contributed by atoms with Gasteiger partial charge in [-0.15, -0.1) is 11.3 Å². The van der Waals surface area contributed by atoms with E-state index in [4.69, 9.17) is 0 Å². The molecule has 0 aliphatic heterocycles. The van der Waals surface area contributed by atoms with Crippen LogP contribution in [0.4, 0.5) is 8.78 Å². The molecule has 0 aliphatic rings. The fourth-order valence-corrected chi connectivity index (χ4v) is 2.59. The quantitative estimate of drug-likeness (QED) is 0.764. The fourth-order valence-electron chi connectivity index (χ4n) is 1.64. The topological polar surface area (TPSA) is 17.1 Å². The summed E-state index contributed by atoms with van der Waals surface area (Å²) in [5, 5.41) is 0. The van der Waals surface area contributed by atoms with E-state index in [0.29, 0.717) is 0 Å². The maximum atomic E-state index is 13.0. The predicted molar refractivity (Wildman–Crippen MR) is 68.1 cm³/mol. The highest BCUT2D eigenvalue weighted by Crippen LogP contribution is 2.19. The van der Waals surface area contributed by atoms with E-state index in [1.54, 1.807) is 11.3 Å². The average molecular weight is 266 g/mol. The van der Waals surface area contributed by atoms with Crippen LogP contribution in [-0.4, -0.2) is 5.78 Å². The zero-order valence-corrected chi connectivity index (χ0v) is 10.7. The van der Waals surface area contributed by atoms with Crippen molar-refractivity contribution in [2.24, 2.45) is 0 Å². The molecule has 1 aromatic heterocycles. The Morgan fingerprint density at radius 1 is 1.11 bits per heavy atom. The summed E-state index contributed by atoms with van der Waals surface area (Å²) >= 11 is 1.57. The lowest BCUT2D eigenvalue weighted by Gasteiger charge is -2.00. The number of thiophene rings is 1. The third-order valence-corrected chi connectivity index (χ3v) is 3.87. The number of hydrogen-bond donors (Lipinski definition) is 0. The highest BCUT2D eigenvalue weighted by atomic mass is 32.1. The Bertz CT molecular complexity index is 575. The van der Waals surface area contributed by atoms with Crippen LogP contribution in [0.1, 0.15) is 27.0 Å². The third kappa shape index (κ3) is 2.82. The van der Waals surface area contributed by atoms with Crippen LogP contribution in [0.5, 0.6) is 0 Å². The molecule has 2 aromatic rings. The molecule has 0 saturated heterocycles. The van der Waals surface area contributed by atoms with Gasteiger partial charge in [-0.25, -0.2) is 8.78 Å². The summed E-state index contributed by atoms with van der Waals surface area (Å²) in [5.74, 6) is -2.12. The normalized spacial score (nSPS) is 10.6. The molecular formula is C14H12F2OS. The summed E-state index contributed by atoms with van der Waals surface area (Å²) in [4.78, 5) is 14.0. The summed E-state index contributed by atoms with van der Waals surface area (Å²) in [6.45, 7) is 2.05. The molecule has 0 N–H and O–H groups in total. The first kappa shape index (κ1) is 12.9. The van der Waals surface area contributed by atoms with Gasteiger partial charge in [-0.1, -0.05) is 6.92 Å². The second-order valence-corrected chi connectivity index (χ2v) is 5.20. The highest BCUT2D eigenvalue weighted by Gasteiger charge is 2.11. The highest BCUT2D eigenvalue weighted by molar-refractivity contribution is 7.12. The number of carbonyl (C=O) groups excluding carboxylic acids is 1. The van der Waals surface area contributed by atoms with Crippen molar-refractivity contribution in [1.82, 2.24) is 0 Å². The minimum Gasteiger partial charge on any atom is -0.294 e. The van der Waals surface area contributed by atoms with Gasteiger partial charge in [-0.2, -0.15) is 0 Å². The number of benzene rings is 1. The molecule has 0 fully saturated rings. The van der Waals surface area contributed by atoms with Crippen LogP contribution >= 0.6 is 11.3 Å². The summed E-state index contributed by atoms with van der Waals surface area (Å²) in [7, 11) is 0. The standard InChI is InChI=1S/C14H12F2OS/c1-2-10-4-5-11(18-10)8-14(17)9-3-6-12(15)13(16)7-9/h3-7H,2,8H2,1H3. The number of halogens is 2. The molecule has 0 aliphatic carbocycles. The van der Waals surface area contributed by atoms with E-state index >= 15 is 0 Å². The summed E-state index contributed by atoms with van der Waals surface area (Å²) in [6, 6.07) is 7.13. The van der Waals surface area contributed by atoms with Gasteiger partial charge in [0.2, 0.25) is 0 Å². The number of Topliss-reactive ketones (excluding diaryl/α,β-unsaturated/α-hetero) is 1. The van der Waals surface area contributed by atoms with Crippen LogP contribution in [0.3, 0.4) is 0 Å². The lowest BCUT2D eigenvalue weighted by molar-refractivity contribution is 0.0993. The van der Waals surface area contributed by atoms with E-state index in [1.807, 2.05) is 19.1 Å². The molecule has 1 aromatic carbocycles. The van der Waals surface area contributed by atoms with Gasteiger partial charge in [0.1, 0.15) is 0 Å². The van der Waals surface area contributed by atoms with Gasteiger partial charge < -0.3 is 0 Å². The van der Waals surface area contributed by atoms with Crippen molar-refractivity contribution in [3.8, 4) is 0 Å². The van der Waals surface area contributed by atoms with Crippen LogP contribution in [0.2, 0.25) is 0 Å². The number of rotatable bonds is 4. The first-order valence-electron chi connectivity index (χ1n) is 5.66. The van der Waals surface area contributed by atoms with Crippen LogP contribution in [0.25, 0.3) is 0 Å². The molecule has 1 nitrogen and oxygen atoms in total. The van der Waals surface area contributed by atoms with Crippen LogP contribution in [0, 0.1) is 11.6 Å². The van der Waals surface area contributed by atoms with Gasteiger partial charge >= 0.3 is 0 Å². The van der Waals surface area contributed by atoms with Crippen LogP contribution in [0.15, 0.2) is 30.3 Å². The second kappa shape index (κ2) is 5.40. The molecule has 94 valence electrons. The predicted octanol–water partition coefficient (Wildman–Crippen LogP) is 4.01. The Morgan fingerprint density at radius 2 is 1.83 bits per heavy atom. The Kier molecular flexibility index (Phi) is 3.87. The Hall–Kier alpha value is -1.55. The molecule has 0 radical (unpaired) electrons. The lowest BCUT2D eigenvalue weighted by Crippen LogP contribution is -2.03. The first-order valence-corrected chi connectivity index (χ1v) is 6.47. The van der Waals surface area contributed by atoms with Gasteiger partial charge in [0.25, 0.3) is 0 Å². The summed E-state index contributed by atoms with van der Waals surface area (Å²) in [5.41, 5.74) is 0.209. The number of aryl methyl sites for hydroxylation is 1. The Morgan fingerprint density at radius 3 is 2.44 bits per heavy atom. The molecule has 1 heterocycles. The molecule has 0 saturated carbocycles. The van der Waals surface area contributed by atoms with E-state index in [1.165, 1.54) is 10.9 Å². The maximum absolute atomic E-state index is 13.0. The number of carbonyl (C=O) groups is 1. The van der Waals surface area contributed by atoms with Gasteiger partial charge in [0.15, 0.2) is 17.4 Å². The van der Waals surface area contributed by atoms with Crippen molar-refractivity contribution in [3.63, 3.8) is 0 Å². The minimum absolute atomic E-state index is 0.196. The molecule has 0 bridgehead atoms. The second-order valence-electron chi connectivity index (χ2n) is 3.95. The fraction of sp³-hybridized carbons (Fsp3) is 0.214. The number of ketones is 1. The van der Waals surface area contributed by atoms with Gasteiger partial charge in [0, 0.05) is 21.7 Å². The van der Waals surface area contributed by atoms with Gasteiger partial charge in [-0.3, -0.25) is 4.79 Å². The van der Waals surface area contributed by atoms with Crippen LogP contribution in [-0.2, 0) is 12.8 Å². The minimum atomic E-state index is -0.985. The Labute approximate surface area is 108 Å². The molecule has 0 atom stereocenters. The van der Waals surface area contributed by atoms with Crippen molar-refractivity contribution in [3.05, 3.63) is 57.3 Å². The zero-order chi connectivity index (χ0) is 13.1. The van der Waals surface area contributed by atoms with E-state index in [2.05, 4.69) is 0 Å². The summed E-state index contributed by atoms with van der Waals surface area (Å²) < 4.78 is 25.8. The molecule has 0 amide bonds.